The highest BCUT2D eigenvalue weighted by Crippen LogP contribution is 2.36. The normalized spacial score (nSPS) is 25.6. The molecule has 7 heteroatoms. The number of carbonyl (C=O) groups is 2. The summed E-state index contributed by atoms with van der Waals surface area (Å²) in [5.74, 6) is -1.13. The lowest BCUT2D eigenvalue weighted by Gasteiger charge is -2.43. The van der Waals surface area contributed by atoms with Crippen LogP contribution in [0.5, 0.6) is 0 Å². The van der Waals surface area contributed by atoms with Gasteiger partial charge in [0.05, 0.1) is 18.8 Å². The van der Waals surface area contributed by atoms with Gasteiger partial charge >= 0.3 is 5.97 Å². The van der Waals surface area contributed by atoms with Crippen LogP contribution in [0.1, 0.15) is 26.7 Å². The number of esters is 1. The summed E-state index contributed by atoms with van der Waals surface area (Å²) in [6.07, 6.45) is 0.633. The van der Waals surface area contributed by atoms with Crippen molar-refractivity contribution in [3.05, 3.63) is 11.3 Å². The molecule has 2 aliphatic rings. The van der Waals surface area contributed by atoms with Gasteiger partial charge in [0.25, 0.3) is 0 Å². The number of nitrogens with zero attached hydrogens (tertiary/aromatic N) is 1. The average molecular weight is 273 g/mol. The highest BCUT2D eigenvalue weighted by atomic mass is 32.2. The second-order valence-corrected chi connectivity index (χ2v) is 6.65. The van der Waals surface area contributed by atoms with E-state index in [0.29, 0.717) is 12.0 Å². The topological polar surface area (TPSA) is 80.8 Å². The summed E-state index contributed by atoms with van der Waals surface area (Å²) in [5.41, 5.74) is 0.486. The van der Waals surface area contributed by atoms with Gasteiger partial charge < -0.3 is 4.74 Å². The molecule has 0 N–H and O–H groups in total. The fourth-order valence-corrected chi connectivity index (χ4v) is 4.02. The van der Waals surface area contributed by atoms with Gasteiger partial charge in [0.15, 0.2) is 9.84 Å². The molecule has 2 aliphatic heterocycles. The molecule has 1 atom stereocenters. The van der Waals surface area contributed by atoms with Gasteiger partial charge in [-0.3, -0.25) is 9.69 Å². The summed E-state index contributed by atoms with van der Waals surface area (Å²) in [7, 11) is -3.35. The van der Waals surface area contributed by atoms with E-state index in [-0.39, 0.29) is 30.4 Å². The van der Waals surface area contributed by atoms with Crippen molar-refractivity contribution in [1.82, 2.24) is 4.90 Å². The number of sulfone groups is 1. The highest BCUT2D eigenvalue weighted by Gasteiger charge is 2.52. The Kier molecular flexibility index (Phi) is 3.18. The van der Waals surface area contributed by atoms with Crippen molar-refractivity contribution in [2.24, 2.45) is 0 Å². The molecule has 0 aromatic carbocycles. The molecule has 0 radical (unpaired) electrons. The fraction of sp³-hybridized carbons (Fsp3) is 0.636. The van der Waals surface area contributed by atoms with E-state index in [9.17, 15) is 18.0 Å². The van der Waals surface area contributed by atoms with E-state index < -0.39 is 21.2 Å². The Morgan fingerprint density at radius 3 is 2.72 bits per heavy atom. The maximum absolute atomic E-state index is 11.8. The van der Waals surface area contributed by atoms with Crippen molar-refractivity contribution in [2.45, 2.75) is 32.1 Å². The first-order valence-corrected chi connectivity index (χ1v) is 7.50. The molecular formula is C11H15NO5S. The van der Waals surface area contributed by atoms with Gasteiger partial charge in [-0.15, -0.1) is 0 Å². The zero-order chi connectivity index (χ0) is 13.5. The Morgan fingerprint density at radius 1 is 1.50 bits per heavy atom. The first-order chi connectivity index (χ1) is 8.38. The van der Waals surface area contributed by atoms with Crippen LogP contribution in [0.15, 0.2) is 11.3 Å². The van der Waals surface area contributed by atoms with E-state index in [2.05, 4.69) is 0 Å². The van der Waals surface area contributed by atoms with Crippen molar-refractivity contribution in [2.75, 3.05) is 12.4 Å². The molecule has 1 saturated heterocycles. The smallest absolute Gasteiger partial charge is 0.355 e. The molecule has 0 aromatic rings. The molecule has 2 rings (SSSR count). The first-order valence-electron chi connectivity index (χ1n) is 5.79. The quantitative estimate of drug-likeness (QED) is 0.542. The fourth-order valence-electron chi connectivity index (χ4n) is 2.15. The molecule has 0 spiro atoms. The van der Waals surface area contributed by atoms with Crippen molar-refractivity contribution in [3.8, 4) is 0 Å². The van der Waals surface area contributed by atoms with Crippen molar-refractivity contribution in [1.29, 1.82) is 0 Å². The van der Waals surface area contributed by atoms with Crippen LogP contribution in [0.2, 0.25) is 0 Å². The standard InChI is InChI=1S/C11H15NO5S/c1-3-4-17-11(14)10-7(2)6-18(15,16)9-5-8(13)12(9)10/h9H,3-6H2,1-2H3/t9-/m0/s1. The lowest BCUT2D eigenvalue weighted by atomic mass is 10.1. The average Bonchev–Trinajstić information content (AvgIpc) is 2.27. The molecule has 18 heavy (non-hydrogen) atoms. The Labute approximate surface area is 106 Å². The zero-order valence-corrected chi connectivity index (χ0v) is 11.1. The molecule has 1 amide bonds. The SMILES string of the molecule is CCCOC(=O)C1=C(C)CS(=O)(=O)[C@H]2CC(=O)N12. The molecule has 6 nitrogen and oxygen atoms in total. The highest BCUT2D eigenvalue weighted by molar-refractivity contribution is 7.92. The van der Waals surface area contributed by atoms with Gasteiger partial charge in [-0.05, 0) is 18.9 Å². The Morgan fingerprint density at radius 2 is 2.17 bits per heavy atom. The number of hydrogen-bond donors (Lipinski definition) is 0. The monoisotopic (exact) mass is 273 g/mol. The number of carbonyl (C=O) groups excluding carboxylic acids is 2. The van der Waals surface area contributed by atoms with E-state index in [1.54, 1.807) is 6.92 Å². The molecule has 1 fully saturated rings. The number of fused-ring (bicyclic) bond motifs is 1. The largest absolute Gasteiger partial charge is 0.461 e. The lowest BCUT2D eigenvalue weighted by molar-refractivity contribution is -0.149. The van der Waals surface area contributed by atoms with Gasteiger partial charge in [-0.1, -0.05) is 6.92 Å². The van der Waals surface area contributed by atoms with Crippen molar-refractivity contribution in [3.63, 3.8) is 0 Å². The molecule has 0 unspecified atom stereocenters. The maximum atomic E-state index is 11.8. The summed E-state index contributed by atoms with van der Waals surface area (Å²) >= 11 is 0. The second kappa shape index (κ2) is 4.38. The van der Waals surface area contributed by atoms with Crippen molar-refractivity contribution >= 4 is 21.7 Å². The molecule has 0 aliphatic carbocycles. The van der Waals surface area contributed by atoms with Gasteiger partial charge in [-0.2, -0.15) is 0 Å². The van der Waals surface area contributed by atoms with Gasteiger partial charge in [0.2, 0.25) is 5.91 Å². The number of β-lactam (4-membered cyclic amide) rings is 1. The molecule has 2 heterocycles. The summed E-state index contributed by atoms with van der Waals surface area (Å²) in [4.78, 5) is 24.4. The van der Waals surface area contributed by atoms with Crippen LogP contribution < -0.4 is 0 Å². The third-order valence-electron chi connectivity index (χ3n) is 3.01. The number of ether oxygens (including phenoxy) is 1. The second-order valence-electron chi connectivity index (χ2n) is 4.49. The number of rotatable bonds is 3. The third kappa shape index (κ3) is 1.92. The van der Waals surface area contributed by atoms with Gasteiger partial charge in [0, 0.05) is 0 Å². The van der Waals surface area contributed by atoms with Crippen LogP contribution in [-0.4, -0.2) is 42.9 Å². The molecule has 0 bridgehead atoms. The summed E-state index contributed by atoms with van der Waals surface area (Å²) in [6.45, 7) is 3.66. The minimum absolute atomic E-state index is 0.0415. The van der Waals surface area contributed by atoms with E-state index in [1.807, 2.05) is 6.92 Å². The summed E-state index contributed by atoms with van der Waals surface area (Å²) < 4.78 is 28.6. The van der Waals surface area contributed by atoms with Crippen LogP contribution in [0.4, 0.5) is 0 Å². The zero-order valence-electron chi connectivity index (χ0n) is 10.3. The molecular weight excluding hydrogens is 258 g/mol. The third-order valence-corrected chi connectivity index (χ3v) is 5.06. The Bertz CT molecular complexity index is 534. The van der Waals surface area contributed by atoms with Crippen LogP contribution in [-0.2, 0) is 24.2 Å². The van der Waals surface area contributed by atoms with Crippen LogP contribution in [0.3, 0.4) is 0 Å². The van der Waals surface area contributed by atoms with E-state index >= 15 is 0 Å². The minimum Gasteiger partial charge on any atom is -0.461 e. The molecule has 0 saturated carbocycles. The lowest BCUT2D eigenvalue weighted by Crippen LogP contribution is -2.60. The van der Waals surface area contributed by atoms with Gasteiger partial charge in [-0.25, -0.2) is 13.2 Å². The Balaban J connectivity index is 2.33. The van der Waals surface area contributed by atoms with E-state index in [0.717, 1.165) is 4.90 Å². The predicted molar refractivity (Wildman–Crippen MR) is 63.0 cm³/mol. The van der Waals surface area contributed by atoms with Gasteiger partial charge in [0.1, 0.15) is 11.1 Å². The van der Waals surface area contributed by atoms with E-state index in [1.165, 1.54) is 0 Å². The predicted octanol–water partition coefficient (Wildman–Crippen LogP) is 0.200. The number of amides is 1. The summed E-state index contributed by atoms with van der Waals surface area (Å²) in [5, 5.41) is -0.877. The first kappa shape index (κ1) is 13.1. The van der Waals surface area contributed by atoms with Crippen LogP contribution >= 0.6 is 0 Å². The van der Waals surface area contributed by atoms with E-state index in [4.69, 9.17) is 4.74 Å². The maximum Gasteiger partial charge on any atom is 0.355 e. The van der Waals surface area contributed by atoms with Crippen LogP contribution in [0.25, 0.3) is 0 Å². The summed E-state index contributed by atoms with van der Waals surface area (Å²) in [6, 6.07) is 0. The van der Waals surface area contributed by atoms with Crippen molar-refractivity contribution < 1.29 is 22.7 Å². The Hall–Kier alpha value is -1.37. The number of hydrogen-bond acceptors (Lipinski definition) is 5. The molecule has 100 valence electrons. The van der Waals surface area contributed by atoms with Crippen LogP contribution in [0, 0.1) is 0 Å². The molecule has 0 aromatic heterocycles. The minimum atomic E-state index is -3.35.